The molecule has 0 bridgehead atoms. The lowest BCUT2D eigenvalue weighted by molar-refractivity contribution is 0.0913. The van der Waals surface area contributed by atoms with E-state index in [0.29, 0.717) is 42.3 Å². The van der Waals surface area contributed by atoms with Crippen LogP contribution in [0.2, 0.25) is 0 Å². The van der Waals surface area contributed by atoms with Crippen molar-refractivity contribution in [2.24, 2.45) is 0 Å². The molecule has 1 aliphatic heterocycles. The van der Waals surface area contributed by atoms with Gasteiger partial charge in [0, 0.05) is 32.3 Å². The minimum Gasteiger partial charge on any atom is -0.455 e. The van der Waals surface area contributed by atoms with Crippen molar-refractivity contribution in [1.29, 1.82) is 0 Å². The Kier molecular flexibility index (Phi) is 7.30. The molecule has 3 heterocycles. The second-order valence-corrected chi connectivity index (χ2v) is 7.66. The van der Waals surface area contributed by atoms with Gasteiger partial charge < -0.3 is 24.1 Å². The second-order valence-electron chi connectivity index (χ2n) is 6.72. The number of aromatic nitrogens is 2. The molecule has 28 heavy (non-hydrogen) atoms. The first-order chi connectivity index (χ1) is 13.5. The molecule has 0 unspecified atom stereocenters. The van der Waals surface area contributed by atoms with Gasteiger partial charge in [-0.15, -0.1) is 0 Å². The number of methoxy groups -OCH3 is 1. The van der Waals surface area contributed by atoms with Crippen LogP contribution in [0, 0.1) is 0 Å². The minimum atomic E-state index is -0.209. The van der Waals surface area contributed by atoms with Gasteiger partial charge in [0.1, 0.15) is 11.6 Å². The fourth-order valence-electron chi connectivity index (χ4n) is 2.75. The van der Waals surface area contributed by atoms with Gasteiger partial charge in [0.05, 0.1) is 31.3 Å². The average molecular weight is 407 g/mol. The van der Waals surface area contributed by atoms with E-state index in [1.165, 1.54) is 11.8 Å². The maximum Gasteiger partial charge on any atom is 0.287 e. The summed E-state index contributed by atoms with van der Waals surface area (Å²) in [5, 5.41) is 3.47. The van der Waals surface area contributed by atoms with E-state index in [-0.39, 0.29) is 11.9 Å². The maximum atomic E-state index is 12.0. The van der Waals surface area contributed by atoms with Gasteiger partial charge in [0.25, 0.3) is 5.91 Å². The quantitative estimate of drug-likeness (QED) is 0.528. The summed E-state index contributed by atoms with van der Waals surface area (Å²) in [5.41, 5.74) is 0.831. The Morgan fingerprint density at radius 2 is 2.11 bits per heavy atom. The fourth-order valence-corrected chi connectivity index (χ4v) is 3.51. The summed E-state index contributed by atoms with van der Waals surface area (Å²) in [4.78, 5) is 23.4. The third-order valence-corrected chi connectivity index (χ3v) is 4.89. The summed E-state index contributed by atoms with van der Waals surface area (Å²) in [7, 11) is 1.65. The van der Waals surface area contributed by atoms with Gasteiger partial charge in [0.2, 0.25) is 0 Å². The first kappa shape index (κ1) is 20.6. The number of amides is 1. The molecule has 1 N–H and O–H groups in total. The Morgan fingerprint density at radius 3 is 2.82 bits per heavy atom. The largest absolute Gasteiger partial charge is 0.455 e. The number of ether oxygens (including phenoxy) is 2. The molecule has 152 valence electrons. The van der Waals surface area contributed by atoms with Crippen LogP contribution in [-0.2, 0) is 21.8 Å². The van der Waals surface area contributed by atoms with Gasteiger partial charge in [-0.1, -0.05) is 11.8 Å². The van der Waals surface area contributed by atoms with Crippen LogP contribution >= 0.6 is 11.8 Å². The first-order valence-corrected chi connectivity index (χ1v) is 10.3. The Bertz CT molecular complexity index is 790. The molecule has 0 spiro atoms. The van der Waals surface area contributed by atoms with Crippen molar-refractivity contribution >= 4 is 23.5 Å². The Labute approximate surface area is 169 Å². The van der Waals surface area contributed by atoms with E-state index in [9.17, 15) is 4.79 Å². The number of furan rings is 1. The van der Waals surface area contributed by atoms with Gasteiger partial charge in [-0.25, -0.2) is 9.97 Å². The van der Waals surface area contributed by atoms with E-state index < -0.39 is 0 Å². The van der Waals surface area contributed by atoms with E-state index in [4.69, 9.17) is 13.9 Å². The Hall–Kier alpha value is -2.10. The average Bonchev–Trinajstić information content (AvgIpc) is 3.16. The SMILES string of the molecule is COCc1cc(N2CCOCC2)nc(SCc2ccc(C(=O)NC(C)C)o2)n1. The molecule has 0 radical (unpaired) electrons. The zero-order valence-corrected chi connectivity index (χ0v) is 17.3. The number of carbonyl (C=O) groups is 1. The van der Waals surface area contributed by atoms with Crippen LogP contribution in [0.1, 0.15) is 35.9 Å². The number of hydrogen-bond acceptors (Lipinski definition) is 8. The molecule has 0 aliphatic carbocycles. The fraction of sp³-hybridized carbons (Fsp3) is 0.526. The smallest absolute Gasteiger partial charge is 0.287 e. The predicted molar refractivity (Wildman–Crippen MR) is 107 cm³/mol. The Morgan fingerprint density at radius 1 is 1.32 bits per heavy atom. The van der Waals surface area contributed by atoms with Crippen LogP contribution in [-0.4, -0.2) is 55.3 Å². The van der Waals surface area contributed by atoms with Gasteiger partial charge in [-0.3, -0.25) is 4.79 Å². The van der Waals surface area contributed by atoms with Crippen LogP contribution < -0.4 is 10.2 Å². The number of anilines is 1. The van der Waals surface area contributed by atoms with Gasteiger partial charge in [-0.2, -0.15) is 0 Å². The molecule has 0 atom stereocenters. The third kappa shape index (κ3) is 5.70. The first-order valence-electron chi connectivity index (χ1n) is 9.27. The number of thioether (sulfide) groups is 1. The number of nitrogens with one attached hydrogen (secondary N) is 1. The topological polar surface area (TPSA) is 89.7 Å². The summed E-state index contributed by atoms with van der Waals surface area (Å²) in [6, 6.07) is 5.52. The molecule has 3 rings (SSSR count). The molecule has 1 amide bonds. The third-order valence-electron chi connectivity index (χ3n) is 4.02. The molecule has 8 nitrogen and oxygen atoms in total. The molecule has 2 aromatic heterocycles. The zero-order valence-electron chi connectivity index (χ0n) is 16.4. The van der Waals surface area contributed by atoms with Gasteiger partial charge in [-0.05, 0) is 26.0 Å². The van der Waals surface area contributed by atoms with Crippen molar-refractivity contribution in [3.05, 3.63) is 35.4 Å². The number of carbonyl (C=O) groups excluding carboxylic acids is 1. The van der Waals surface area contributed by atoms with E-state index in [0.717, 1.165) is 24.6 Å². The van der Waals surface area contributed by atoms with Crippen molar-refractivity contribution in [1.82, 2.24) is 15.3 Å². The molecule has 2 aromatic rings. The lowest BCUT2D eigenvalue weighted by Crippen LogP contribution is -2.37. The molecule has 1 fully saturated rings. The monoisotopic (exact) mass is 406 g/mol. The van der Waals surface area contributed by atoms with Crippen molar-refractivity contribution in [3.8, 4) is 0 Å². The van der Waals surface area contributed by atoms with Crippen molar-refractivity contribution in [2.45, 2.75) is 37.4 Å². The second kappa shape index (κ2) is 9.90. The molecule has 0 aromatic carbocycles. The highest BCUT2D eigenvalue weighted by atomic mass is 32.2. The van der Waals surface area contributed by atoms with Crippen LogP contribution in [0.5, 0.6) is 0 Å². The molecular formula is C19H26N4O4S. The van der Waals surface area contributed by atoms with Gasteiger partial charge >= 0.3 is 0 Å². The van der Waals surface area contributed by atoms with E-state index in [2.05, 4.69) is 20.2 Å². The summed E-state index contributed by atoms with van der Waals surface area (Å²) >= 11 is 1.47. The summed E-state index contributed by atoms with van der Waals surface area (Å²) in [6.07, 6.45) is 0. The lowest BCUT2D eigenvalue weighted by atomic mass is 10.3. The van der Waals surface area contributed by atoms with Crippen LogP contribution in [0.3, 0.4) is 0 Å². The summed E-state index contributed by atoms with van der Waals surface area (Å²) in [6.45, 7) is 7.25. The van der Waals surface area contributed by atoms with Crippen LogP contribution in [0.4, 0.5) is 5.82 Å². The predicted octanol–water partition coefficient (Wildman–Crippen LogP) is 2.48. The van der Waals surface area contributed by atoms with E-state index in [1.54, 1.807) is 13.2 Å². The number of nitrogens with zero attached hydrogens (tertiary/aromatic N) is 3. The molecule has 9 heteroatoms. The van der Waals surface area contributed by atoms with Crippen LogP contribution in [0.15, 0.2) is 27.8 Å². The highest BCUT2D eigenvalue weighted by Crippen LogP contribution is 2.24. The lowest BCUT2D eigenvalue weighted by Gasteiger charge is -2.28. The van der Waals surface area contributed by atoms with Crippen molar-refractivity contribution < 1.29 is 18.7 Å². The van der Waals surface area contributed by atoms with Crippen LogP contribution in [0.25, 0.3) is 0 Å². The molecule has 0 saturated carbocycles. The number of hydrogen-bond donors (Lipinski definition) is 1. The van der Waals surface area contributed by atoms with E-state index >= 15 is 0 Å². The van der Waals surface area contributed by atoms with Gasteiger partial charge in [0.15, 0.2) is 10.9 Å². The summed E-state index contributed by atoms with van der Waals surface area (Å²) < 4.78 is 16.3. The Balaban J connectivity index is 1.68. The minimum absolute atomic E-state index is 0.0611. The standard InChI is InChI=1S/C19H26N4O4S/c1-13(2)20-18(24)16-5-4-15(27-16)12-28-19-21-14(11-25-3)10-17(22-19)23-6-8-26-9-7-23/h4-5,10,13H,6-9,11-12H2,1-3H3,(H,20,24). The number of rotatable bonds is 8. The molecular weight excluding hydrogens is 380 g/mol. The van der Waals surface area contributed by atoms with Crippen molar-refractivity contribution in [3.63, 3.8) is 0 Å². The molecule has 1 saturated heterocycles. The normalized spacial score (nSPS) is 14.5. The highest BCUT2D eigenvalue weighted by Gasteiger charge is 2.16. The maximum absolute atomic E-state index is 12.0. The zero-order chi connectivity index (χ0) is 19.9. The molecule has 1 aliphatic rings. The van der Waals surface area contributed by atoms with Crippen molar-refractivity contribution in [2.75, 3.05) is 38.3 Å². The highest BCUT2D eigenvalue weighted by molar-refractivity contribution is 7.98. The van der Waals surface area contributed by atoms with E-state index in [1.807, 2.05) is 26.0 Å². The summed E-state index contributed by atoms with van der Waals surface area (Å²) in [5.74, 6) is 2.22. The number of morpholine rings is 1.